The first kappa shape index (κ1) is 15.4. The molecule has 0 aliphatic carbocycles. The average molecular weight is 333 g/mol. The second-order valence-electron chi connectivity index (χ2n) is 5.97. The van der Waals surface area contributed by atoms with Gasteiger partial charge in [-0.15, -0.1) is 0 Å². The van der Waals surface area contributed by atoms with Crippen molar-refractivity contribution in [1.29, 1.82) is 0 Å². The fraction of sp³-hybridized carbons (Fsp3) is 0.211. The van der Waals surface area contributed by atoms with Gasteiger partial charge in [0.05, 0.1) is 0 Å². The van der Waals surface area contributed by atoms with Gasteiger partial charge in [-0.1, -0.05) is 18.2 Å². The Morgan fingerprint density at radius 3 is 2.80 bits per heavy atom. The quantitative estimate of drug-likeness (QED) is 0.587. The highest BCUT2D eigenvalue weighted by Gasteiger charge is 2.11. The van der Waals surface area contributed by atoms with E-state index in [0.717, 1.165) is 23.4 Å². The highest BCUT2D eigenvalue weighted by Crippen LogP contribution is 2.30. The van der Waals surface area contributed by atoms with Crippen molar-refractivity contribution in [2.24, 2.45) is 0 Å². The number of hydrogen-bond donors (Lipinski definition) is 2. The lowest BCUT2D eigenvalue weighted by atomic mass is 10.1. The molecule has 2 aromatic carbocycles. The molecule has 0 spiro atoms. The molecule has 6 nitrogen and oxygen atoms in total. The Morgan fingerprint density at radius 2 is 2.00 bits per heavy atom. The van der Waals surface area contributed by atoms with E-state index in [1.54, 1.807) is 0 Å². The fourth-order valence-corrected chi connectivity index (χ4v) is 3.28. The molecule has 2 heterocycles. The number of nitrogens with one attached hydrogen (secondary N) is 2. The van der Waals surface area contributed by atoms with Crippen molar-refractivity contribution in [3.63, 3.8) is 0 Å². The van der Waals surface area contributed by atoms with Gasteiger partial charge in [-0.2, -0.15) is 5.10 Å². The Bertz CT molecular complexity index is 1030. The Hall–Kier alpha value is -3.15. The minimum atomic E-state index is -0.0324. The molecule has 6 heteroatoms. The summed E-state index contributed by atoms with van der Waals surface area (Å²) >= 11 is 0. The van der Waals surface area contributed by atoms with E-state index in [-0.39, 0.29) is 5.91 Å². The SMILES string of the molecule is CCn1c2ccccc2c2cc(NC(=O)CCc3ncn[nH]3)ccc21. The number of nitrogens with zero attached hydrogens (tertiary/aromatic N) is 3. The van der Waals surface area contributed by atoms with E-state index >= 15 is 0 Å². The number of hydrogen-bond acceptors (Lipinski definition) is 3. The summed E-state index contributed by atoms with van der Waals surface area (Å²) in [7, 11) is 0. The summed E-state index contributed by atoms with van der Waals surface area (Å²) in [5.41, 5.74) is 3.21. The normalized spacial score (nSPS) is 11.2. The molecular formula is C19H19N5O. The van der Waals surface area contributed by atoms with Crippen LogP contribution in [0.4, 0.5) is 5.69 Å². The summed E-state index contributed by atoms with van der Waals surface area (Å²) < 4.78 is 2.29. The largest absolute Gasteiger partial charge is 0.341 e. The number of aryl methyl sites for hydroxylation is 2. The monoisotopic (exact) mass is 333 g/mol. The number of aromatic nitrogens is 4. The van der Waals surface area contributed by atoms with Gasteiger partial charge in [-0.25, -0.2) is 4.98 Å². The van der Waals surface area contributed by atoms with Crippen LogP contribution in [0, 0.1) is 0 Å². The topological polar surface area (TPSA) is 75.6 Å². The lowest BCUT2D eigenvalue weighted by Gasteiger charge is -2.06. The van der Waals surface area contributed by atoms with E-state index in [4.69, 9.17) is 0 Å². The molecule has 2 aromatic heterocycles. The molecule has 25 heavy (non-hydrogen) atoms. The lowest BCUT2D eigenvalue weighted by Crippen LogP contribution is -2.12. The third kappa shape index (κ3) is 2.87. The van der Waals surface area contributed by atoms with E-state index in [1.165, 1.54) is 22.7 Å². The van der Waals surface area contributed by atoms with Crippen molar-refractivity contribution in [3.05, 3.63) is 54.6 Å². The number of H-pyrrole nitrogens is 1. The van der Waals surface area contributed by atoms with Gasteiger partial charge in [-0.05, 0) is 31.2 Å². The van der Waals surface area contributed by atoms with Crippen LogP contribution < -0.4 is 5.32 Å². The molecule has 0 saturated heterocycles. The smallest absolute Gasteiger partial charge is 0.224 e. The molecular weight excluding hydrogens is 314 g/mol. The first-order valence-electron chi connectivity index (χ1n) is 8.41. The number of para-hydroxylation sites is 1. The summed E-state index contributed by atoms with van der Waals surface area (Å²) in [5.74, 6) is 0.687. The van der Waals surface area contributed by atoms with Crippen molar-refractivity contribution >= 4 is 33.4 Å². The molecule has 0 radical (unpaired) electrons. The summed E-state index contributed by atoms with van der Waals surface area (Å²) in [5, 5.41) is 11.9. The van der Waals surface area contributed by atoms with Gasteiger partial charge in [0, 0.05) is 46.9 Å². The minimum absolute atomic E-state index is 0.0324. The number of anilines is 1. The number of fused-ring (bicyclic) bond motifs is 3. The van der Waals surface area contributed by atoms with Crippen LogP contribution in [-0.2, 0) is 17.8 Å². The van der Waals surface area contributed by atoms with Gasteiger partial charge in [0.25, 0.3) is 0 Å². The first-order valence-corrected chi connectivity index (χ1v) is 8.41. The Morgan fingerprint density at radius 1 is 1.16 bits per heavy atom. The zero-order chi connectivity index (χ0) is 17.2. The van der Waals surface area contributed by atoms with Crippen LogP contribution in [0.15, 0.2) is 48.8 Å². The van der Waals surface area contributed by atoms with E-state index in [1.807, 2.05) is 12.1 Å². The van der Waals surface area contributed by atoms with Gasteiger partial charge in [0.1, 0.15) is 12.2 Å². The summed E-state index contributed by atoms with van der Waals surface area (Å²) in [6.07, 6.45) is 2.36. The van der Waals surface area contributed by atoms with E-state index in [9.17, 15) is 4.79 Å². The first-order chi connectivity index (χ1) is 12.3. The minimum Gasteiger partial charge on any atom is -0.341 e. The lowest BCUT2D eigenvalue weighted by molar-refractivity contribution is -0.116. The van der Waals surface area contributed by atoms with E-state index in [0.29, 0.717) is 12.8 Å². The standard InChI is InChI=1S/C19H19N5O/c1-2-24-16-6-4-3-5-14(16)15-11-13(7-8-17(15)24)22-19(25)10-9-18-20-12-21-23-18/h3-8,11-12H,2,9-10H2,1H3,(H,22,25)(H,20,21,23). The van der Waals surface area contributed by atoms with Crippen LogP contribution in [0.25, 0.3) is 21.8 Å². The number of amides is 1. The fourth-order valence-electron chi connectivity index (χ4n) is 3.28. The van der Waals surface area contributed by atoms with Crippen LogP contribution in [0.5, 0.6) is 0 Å². The maximum atomic E-state index is 12.2. The molecule has 0 bridgehead atoms. The second kappa shape index (κ2) is 6.39. The third-order valence-corrected chi connectivity index (χ3v) is 4.43. The Kier molecular flexibility index (Phi) is 3.93. The van der Waals surface area contributed by atoms with Gasteiger partial charge in [0.15, 0.2) is 0 Å². The van der Waals surface area contributed by atoms with Crippen LogP contribution in [0.2, 0.25) is 0 Å². The van der Waals surface area contributed by atoms with Crippen LogP contribution in [0.3, 0.4) is 0 Å². The van der Waals surface area contributed by atoms with Crippen LogP contribution >= 0.6 is 0 Å². The average Bonchev–Trinajstić information content (AvgIpc) is 3.25. The summed E-state index contributed by atoms with van der Waals surface area (Å²) in [6.45, 7) is 3.05. The van der Waals surface area contributed by atoms with Gasteiger partial charge in [-0.3, -0.25) is 9.89 Å². The van der Waals surface area contributed by atoms with Crippen molar-refractivity contribution in [1.82, 2.24) is 19.7 Å². The molecule has 0 atom stereocenters. The zero-order valence-electron chi connectivity index (χ0n) is 14.0. The number of carbonyl (C=O) groups is 1. The molecule has 0 aliphatic heterocycles. The van der Waals surface area contributed by atoms with Gasteiger partial charge < -0.3 is 9.88 Å². The number of aromatic amines is 1. The number of benzene rings is 2. The third-order valence-electron chi connectivity index (χ3n) is 4.43. The molecule has 1 amide bonds. The predicted molar refractivity (Wildman–Crippen MR) is 98.5 cm³/mol. The predicted octanol–water partition coefficient (Wildman–Crippen LogP) is 3.50. The molecule has 0 unspecified atom stereocenters. The Labute approximate surface area is 144 Å². The van der Waals surface area contributed by atoms with Crippen molar-refractivity contribution in [3.8, 4) is 0 Å². The summed E-state index contributed by atoms with van der Waals surface area (Å²) in [4.78, 5) is 16.2. The molecule has 4 rings (SSSR count). The highest BCUT2D eigenvalue weighted by atomic mass is 16.1. The van der Waals surface area contributed by atoms with Crippen LogP contribution in [-0.4, -0.2) is 25.7 Å². The maximum absolute atomic E-state index is 12.2. The van der Waals surface area contributed by atoms with Crippen molar-refractivity contribution in [2.75, 3.05) is 5.32 Å². The molecule has 2 N–H and O–H groups in total. The molecule has 126 valence electrons. The van der Waals surface area contributed by atoms with Crippen LogP contribution in [0.1, 0.15) is 19.2 Å². The molecule has 0 fully saturated rings. The number of carbonyl (C=O) groups excluding carboxylic acids is 1. The summed E-state index contributed by atoms with van der Waals surface area (Å²) in [6, 6.07) is 14.4. The maximum Gasteiger partial charge on any atom is 0.224 e. The molecule has 0 aliphatic rings. The van der Waals surface area contributed by atoms with Gasteiger partial charge in [0.2, 0.25) is 5.91 Å². The highest BCUT2D eigenvalue weighted by molar-refractivity contribution is 6.09. The van der Waals surface area contributed by atoms with E-state index in [2.05, 4.69) is 62.3 Å². The molecule has 0 saturated carbocycles. The zero-order valence-corrected chi connectivity index (χ0v) is 14.0. The van der Waals surface area contributed by atoms with Gasteiger partial charge >= 0.3 is 0 Å². The van der Waals surface area contributed by atoms with Crippen molar-refractivity contribution in [2.45, 2.75) is 26.3 Å². The second-order valence-corrected chi connectivity index (χ2v) is 5.97. The Balaban J connectivity index is 1.60. The van der Waals surface area contributed by atoms with E-state index < -0.39 is 0 Å². The number of rotatable bonds is 5. The molecule has 4 aromatic rings. The van der Waals surface area contributed by atoms with Crippen molar-refractivity contribution < 1.29 is 4.79 Å².